The summed E-state index contributed by atoms with van der Waals surface area (Å²) in [6.45, 7) is 4.74. The van der Waals surface area contributed by atoms with Gasteiger partial charge in [-0.15, -0.1) is 0 Å². The van der Waals surface area contributed by atoms with Gasteiger partial charge < -0.3 is 10.2 Å². The summed E-state index contributed by atoms with van der Waals surface area (Å²) in [6.07, 6.45) is 0.893. The van der Waals surface area contributed by atoms with Crippen LogP contribution in [0.15, 0.2) is 54.7 Å². The van der Waals surface area contributed by atoms with E-state index in [1.807, 2.05) is 24.3 Å². The van der Waals surface area contributed by atoms with E-state index >= 15 is 0 Å². The van der Waals surface area contributed by atoms with E-state index in [-0.39, 0.29) is 30.1 Å². The lowest BCUT2D eigenvalue weighted by molar-refractivity contribution is -0.115. The highest BCUT2D eigenvalue weighted by Crippen LogP contribution is 2.38. The molecule has 7 heteroatoms. The van der Waals surface area contributed by atoms with Crippen LogP contribution in [0.2, 0.25) is 0 Å². The highest BCUT2D eigenvalue weighted by Gasteiger charge is 2.27. The van der Waals surface area contributed by atoms with Crippen LogP contribution in [0.5, 0.6) is 0 Å². The molecule has 1 aliphatic heterocycles. The topological polar surface area (TPSA) is 45.2 Å². The zero-order chi connectivity index (χ0) is 23.5. The van der Waals surface area contributed by atoms with E-state index in [1.165, 1.54) is 17.8 Å². The van der Waals surface area contributed by atoms with Gasteiger partial charge in [-0.1, -0.05) is 38.1 Å². The van der Waals surface area contributed by atoms with Gasteiger partial charge in [0.1, 0.15) is 17.8 Å². The van der Waals surface area contributed by atoms with Gasteiger partial charge in [0.15, 0.2) is 5.82 Å². The first-order valence-electron chi connectivity index (χ1n) is 11.0. The van der Waals surface area contributed by atoms with E-state index in [0.717, 1.165) is 23.8 Å². The monoisotopic (exact) mass is 453 g/mol. The Morgan fingerprint density at radius 1 is 1.12 bits per heavy atom. The van der Waals surface area contributed by atoms with Gasteiger partial charge in [0, 0.05) is 23.9 Å². The van der Waals surface area contributed by atoms with Gasteiger partial charge in [0.25, 0.3) is 0 Å². The molecule has 0 saturated carbocycles. The van der Waals surface area contributed by atoms with Crippen molar-refractivity contribution in [2.75, 3.05) is 23.3 Å². The fraction of sp³-hybridized carbons (Fsp3) is 0.308. The minimum absolute atomic E-state index is 0.00577. The number of anilines is 2. The van der Waals surface area contributed by atoms with Gasteiger partial charge in [-0.3, -0.25) is 4.79 Å². The maximum atomic E-state index is 14.6. The number of rotatable bonds is 6. The molecule has 0 radical (unpaired) electrons. The third-order valence-electron chi connectivity index (χ3n) is 5.86. The lowest BCUT2D eigenvalue weighted by Crippen LogP contribution is -2.24. The predicted octanol–water partition coefficient (Wildman–Crippen LogP) is 5.88. The van der Waals surface area contributed by atoms with Crippen LogP contribution < -0.4 is 10.2 Å². The average molecular weight is 454 g/mol. The van der Waals surface area contributed by atoms with E-state index in [9.17, 15) is 18.0 Å². The molecule has 0 spiro atoms. The van der Waals surface area contributed by atoms with Crippen LogP contribution >= 0.6 is 0 Å². The van der Waals surface area contributed by atoms with E-state index in [0.29, 0.717) is 30.3 Å². The van der Waals surface area contributed by atoms with E-state index in [1.54, 1.807) is 4.90 Å². The predicted molar refractivity (Wildman–Crippen MR) is 124 cm³/mol. The third-order valence-corrected chi connectivity index (χ3v) is 5.86. The smallest absolute Gasteiger partial charge is 0.228 e. The molecule has 2 aromatic carbocycles. The van der Waals surface area contributed by atoms with Crippen molar-refractivity contribution in [2.45, 2.75) is 38.8 Å². The molecule has 0 aliphatic carbocycles. The van der Waals surface area contributed by atoms with Crippen LogP contribution in [0.25, 0.3) is 11.1 Å². The molecular weight excluding hydrogens is 427 g/mol. The number of nitrogens with one attached hydrogen (secondary N) is 1. The largest absolute Gasteiger partial charge is 0.352 e. The number of carbonyl (C=O) groups excluding carboxylic acids is 1. The first-order valence-corrected chi connectivity index (χ1v) is 11.0. The first kappa shape index (κ1) is 22.8. The van der Waals surface area contributed by atoms with Crippen molar-refractivity contribution < 1.29 is 18.0 Å². The van der Waals surface area contributed by atoms with Gasteiger partial charge in [-0.25, -0.2) is 18.2 Å². The van der Waals surface area contributed by atoms with Crippen molar-refractivity contribution in [3.8, 4) is 11.1 Å². The number of hydrogen-bond acceptors (Lipinski definition) is 3. The Labute approximate surface area is 191 Å². The second kappa shape index (κ2) is 9.65. The Morgan fingerprint density at radius 2 is 1.88 bits per heavy atom. The lowest BCUT2D eigenvalue weighted by atomic mass is 10.0. The van der Waals surface area contributed by atoms with Crippen LogP contribution in [0, 0.1) is 11.6 Å². The number of alkyl halides is 1. The Balaban J connectivity index is 1.68. The van der Waals surface area contributed by atoms with Gasteiger partial charge in [-0.2, -0.15) is 0 Å². The number of halogens is 3. The molecule has 172 valence electrons. The van der Waals surface area contributed by atoms with Crippen LogP contribution in [0.1, 0.15) is 37.3 Å². The molecule has 1 aliphatic rings. The maximum absolute atomic E-state index is 14.6. The average Bonchev–Trinajstić information content (AvgIpc) is 3.22. The van der Waals surface area contributed by atoms with Gasteiger partial charge >= 0.3 is 0 Å². The molecule has 1 amide bonds. The van der Waals surface area contributed by atoms with Crippen molar-refractivity contribution in [1.82, 2.24) is 4.98 Å². The summed E-state index contributed by atoms with van der Waals surface area (Å²) >= 11 is 0. The molecule has 1 saturated heterocycles. The standard InChI is InChI=1S/C26H26F3N3O/c1-16(2)18-5-3-17(4-6-18)13-24(33)31-25-21(22-14-19(27)7-8-23(22)29)9-11-30-26(25)32-12-10-20(28)15-32/h3-9,11,14,16,20H,10,12-13,15H2,1-2H3,(H,31,33). The zero-order valence-electron chi connectivity index (χ0n) is 18.6. The number of hydrogen-bond donors (Lipinski definition) is 1. The molecule has 1 fully saturated rings. The van der Waals surface area contributed by atoms with E-state index in [4.69, 9.17) is 0 Å². The molecule has 1 N–H and O–H groups in total. The normalized spacial score (nSPS) is 15.8. The van der Waals surface area contributed by atoms with Crippen LogP contribution in [0.3, 0.4) is 0 Å². The molecular formula is C26H26F3N3O. The minimum Gasteiger partial charge on any atom is -0.352 e. The highest BCUT2D eigenvalue weighted by atomic mass is 19.1. The van der Waals surface area contributed by atoms with E-state index in [2.05, 4.69) is 24.1 Å². The quantitative estimate of drug-likeness (QED) is 0.507. The number of nitrogens with zero attached hydrogens (tertiary/aromatic N) is 2. The third kappa shape index (κ3) is 5.18. The number of aromatic nitrogens is 1. The second-order valence-electron chi connectivity index (χ2n) is 8.63. The fourth-order valence-electron chi connectivity index (χ4n) is 4.04. The van der Waals surface area contributed by atoms with Gasteiger partial charge in [-0.05, 0) is 47.7 Å². The van der Waals surface area contributed by atoms with Crippen LogP contribution in [-0.2, 0) is 11.2 Å². The molecule has 33 heavy (non-hydrogen) atoms. The summed E-state index contributed by atoms with van der Waals surface area (Å²) < 4.78 is 42.5. The number of amides is 1. The summed E-state index contributed by atoms with van der Waals surface area (Å²) in [5.74, 6) is -0.819. The molecule has 1 unspecified atom stereocenters. The Kier molecular flexibility index (Phi) is 6.67. The Morgan fingerprint density at radius 3 is 2.55 bits per heavy atom. The van der Waals surface area contributed by atoms with Crippen molar-refractivity contribution in [2.24, 2.45) is 0 Å². The summed E-state index contributed by atoms with van der Waals surface area (Å²) in [4.78, 5) is 19.0. The lowest BCUT2D eigenvalue weighted by Gasteiger charge is -2.23. The van der Waals surface area contributed by atoms with E-state index < -0.39 is 17.8 Å². The van der Waals surface area contributed by atoms with Crippen LogP contribution in [0.4, 0.5) is 24.7 Å². The summed E-state index contributed by atoms with van der Waals surface area (Å²) in [6, 6.07) is 12.5. The molecule has 0 bridgehead atoms. The SMILES string of the molecule is CC(C)c1ccc(CC(=O)Nc2c(-c3cc(F)ccc3F)ccnc2N2CCC(F)C2)cc1. The Bertz CT molecular complexity index is 1150. The molecule has 4 nitrogen and oxygen atoms in total. The minimum atomic E-state index is -1.01. The van der Waals surface area contributed by atoms with Gasteiger partial charge in [0.2, 0.25) is 5.91 Å². The number of benzene rings is 2. The van der Waals surface area contributed by atoms with Crippen LogP contribution in [-0.4, -0.2) is 30.2 Å². The molecule has 1 aromatic heterocycles. The molecule has 1 atom stereocenters. The van der Waals surface area contributed by atoms with Crippen molar-refractivity contribution >= 4 is 17.4 Å². The van der Waals surface area contributed by atoms with Crippen molar-refractivity contribution in [3.05, 3.63) is 77.5 Å². The highest BCUT2D eigenvalue weighted by molar-refractivity contribution is 6.00. The number of pyridine rings is 1. The zero-order valence-corrected chi connectivity index (χ0v) is 18.6. The fourth-order valence-corrected chi connectivity index (χ4v) is 4.04. The Hall–Kier alpha value is -3.35. The van der Waals surface area contributed by atoms with Crippen molar-refractivity contribution in [3.63, 3.8) is 0 Å². The summed E-state index contributed by atoms with van der Waals surface area (Å²) in [5.41, 5.74) is 2.55. The maximum Gasteiger partial charge on any atom is 0.228 e. The summed E-state index contributed by atoms with van der Waals surface area (Å²) in [7, 11) is 0. The van der Waals surface area contributed by atoms with Crippen molar-refractivity contribution in [1.29, 1.82) is 0 Å². The molecule has 4 rings (SSSR count). The molecule has 2 heterocycles. The second-order valence-corrected chi connectivity index (χ2v) is 8.63. The van der Waals surface area contributed by atoms with Gasteiger partial charge in [0.05, 0.1) is 18.7 Å². The number of carbonyl (C=O) groups is 1. The summed E-state index contributed by atoms with van der Waals surface area (Å²) in [5, 5.41) is 2.85. The molecule has 3 aromatic rings. The first-order chi connectivity index (χ1) is 15.8.